The number of pyridine rings is 1. The van der Waals surface area contributed by atoms with Crippen molar-refractivity contribution in [2.75, 3.05) is 7.11 Å². The number of hydrogen-bond donors (Lipinski definition) is 1. The zero-order valence-electron chi connectivity index (χ0n) is 9.39. The summed E-state index contributed by atoms with van der Waals surface area (Å²) in [6.45, 7) is 1.32. The summed E-state index contributed by atoms with van der Waals surface area (Å²) in [7, 11) is 1.18. The molecule has 0 saturated carbocycles. The summed E-state index contributed by atoms with van der Waals surface area (Å²) in [4.78, 5) is 36.9. The maximum Gasteiger partial charge on any atom is 0.356 e. The van der Waals surface area contributed by atoms with Gasteiger partial charge in [0.2, 0.25) is 0 Å². The van der Waals surface area contributed by atoms with Crippen LogP contribution in [0.2, 0.25) is 0 Å². The van der Waals surface area contributed by atoms with E-state index < -0.39 is 11.9 Å². The first kappa shape index (κ1) is 12.8. The molecule has 0 aliphatic carbocycles. The van der Waals surface area contributed by atoms with Crippen LogP contribution in [0.1, 0.15) is 33.5 Å². The molecule has 0 unspecified atom stereocenters. The molecule has 6 heteroatoms. The lowest BCUT2D eigenvalue weighted by Gasteiger charge is -2.04. The molecule has 0 radical (unpaired) electrons. The van der Waals surface area contributed by atoms with Crippen molar-refractivity contribution in [1.29, 1.82) is 0 Å². The van der Waals surface area contributed by atoms with E-state index in [1.165, 1.54) is 26.2 Å². The third kappa shape index (κ3) is 3.37. The van der Waals surface area contributed by atoms with Gasteiger partial charge >= 0.3 is 11.9 Å². The van der Waals surface area contributed by atoms with E-state index >= 15 is 0 Å². The van der Waals surface area contributed by atoms with Gasteiger partial charge in [-0.05, 0) is 19.1 Å². The fourth-order valence-electron chi connectivity index (χ4n) is 1.25. The van der Waals surface area contributed by atoms with Crippen molar-refractivity contribution in [3.05, 3.63) is 29.1 Å². The van der Waals surface area contributed by atoms with Gasteiger partial charge in [-0.25, -0.2) is 9.78 Å². The van der Waals surface area contributed by atoms with Gasteiger partial charge in [-0.2, -0.15) is 0 Å². The van der Waals surface area contributed by atoms with Gasteiger partial charge in [0, 0.05) is 5.56 Å². The fraction of sp³-hybridized carbons (Fsp3) is 0.273. The van der Waals surface area contributed by atoms with Gasteiger partial charge in [-0.15, -0.1) is 0 Å². The van der Waals surface area contributed by atoms with Crippen molar-refractivity contribution in [1.82, 2.24) is 4.98 Å². The Balaban J connectivity index is 3.23. The van der Waals surface area contributed by atoms with Gasteiger partial charge in [0.25, 0.3) is 0 Å². The first-order valence-electron chi connectivity index (χ1n) is 4.76. The standard InChI is InChI=1S/C11H11NO5/c1-6(13)7-3-8(5-10(14)15)12-9(4-7)11(16)17-2/h3-4H,5H2,1-2H3,(H,14,15). The van der Waals surface area contributed by atoms with Gasteiger partial charge in [0.1, 0.15) is 5.69 Å². The number of hydrogen-bond acceptors (Lipinski definition) is 5. The number of esters is 1. The molecule has 0 amide bonds. The summed E-state index contributed by atoms with van der Waals surface area (Å²) >= 11 is 0. The van der Waals surface area contributed by atoms with Crippen LogP contribution < -0.4 is 0 Å². The molecule has 0 aliphatic heterocycles. The zero-order valence-corrected chi connectivity index (χ0v) is 9.39. The van der Waals surface area contributed by atoms with Crippen LogP contribution >= 0.6 is 0 Å². The highest BCUT2D eigenvalue weighted by atomic mass is 16.5. The number of ketones is 1. The number of carbonyl (C=O) groups is 3. The number of ether oxygens (including phenoxy) is 1. The van der Waals surface area contributed by atoms with Crippen molar-refractivity contribution >= 4 is 17.7 Å². The molecule has 1 N–H and O–H groups in total. The maximum atomic E-state index is 11.3. The van der Waals surface area contributed by atoms with E-state index in [2.05, 4.69) is 9.72 Å². The van der Waals surface area contributed by atoms with E-state index in [0.29, 0.717) is 0 Å². The van der Waals surface area contributed by atoms with Crippen LogP contribution in [0.25, 0.3) is 0 Å². The fourth-order valence-corrected chi connectivity index (χ4v) is 1.25. The van der Waals surface area contributed by atoms with Crippen LogP contribution in [0.15, 0.2) is 12.1 Å². The Morgan fingerprint density at radius 3 is 2.47 bits per heavy atom. The molecule has 1 rings (SSSR count). The number of rotatable bonds is 4. The van der Waals surface area contributed by atoms with Crippen LogP contribution in [0, 0.1) is 0 Å². The summed E-state index contributed by atoms with van der Waals surface area (Å²) in [5, 5.41) is 8.64. The van der Waals surface area contributed by atoms with E-state index in [4.69, 9.17) is 5.11 Å². The molecule has 1 heterocycles. The van der Waals surface area contributed by atoms with Gasteiger partial charge < -0.3 is 9.84 Å². The second-order valence-electron chi connectivity index (χ2n) is 3.35. The first-order chi connectivity index (χ1) is 7.93. The number of aliphatic carboxylic acids is 1. The minimum atomic E-state index is -1.09. The van der Waals surface area contributed by atoms with Crippen LogP contribution in [-0.2, 0) is 16.0 Å². The monoisotopic (exact) mass is 237 g/mol. The summed E-state index contributed by atoms with van der Waals surface area (Å²) < 4.78 is 4.47. The molecule has 1 aromatic heterocycles. The largest absolute Gasteiger partial charge is 0.481 e. The number of Topliss-reactive ketones (excluding diaryl/α,β-unsaturated/α-hetero) is 1. The molecule has 0 fully saturated rings. The molecule has 17 heavy (non-hydrogen) atoms. The molecule has 90 valence electrons. The Morgan fingerprint density at radius 2 is 2.00 bits per heavy atom. The zero-order chi connectivity index (χ0) is 13.0. The number of carboxylic acid groups (broad SMARTS) is 1. The smallest absolute Gasteiger partial charge is 0.356 e. The lowest BCUT2D eigenvalue weighted by atomic mass is 10.1. The molecular weight excluding hydrogens is 226 g/mol. The maximum absolute atomic E-state index is 11.3. The molecule has 0 spiro atoms. The third-order valence-corrected chi connectivity index (χ3v) is 2.01. The summed E-state index contributed by atoms with van der Waals surface area (Å²) in [6.07, 6.45) is -0.356. The SMILES string of the molecule is COC(=O)c1cc(C(C)=O)cc(CC(=O)O)n1. The first-order valence-corrected chi connectivity index (χ1v) is 4.76. The van der Waals surface area contributed by atoms with E-state index in [1.54, 1.807) is 0 Å². The summed E-state index contributed by atoms with van der Waals surface area (Å²) in [5.74, 6) is -2.07. The predicted octanol–water partition coefficient (Wildman–Crippen LogP) is 0.698. The number of methoxy groups -OCH3 is 1. The third-order valence-electron chi connectivity index (χ3n) is 2.01. The highest BCUT2D eigenvalue weighted by molar-refractivity contribution is 5.97. The number of aromatic nitrogens is 1. The Morgan fingerprint density at radius 1 is 1.35 bits per heavy atom. The highest BCUT2D eigenvalue weighted by Crippen LogP contribution is 2.09. The molecule has 0 aromatic carbocycles. The number of carboxylic acids is 1. The van der Waals surface area contributed by atoms with Gasteiger partial charge in [0.05, 0.1) is 19.2 Å². The summed E-state index contributed by atoms with van der Waals surface area (Å²) in [6, 6.07) is 2.63. The van der Waals surface area contributed by atoms with E-state index in [0.717, 1.165) is 0 Å². The molecule has 0 atom stereocenters. The Labute approximate surface area is 97.2 Å². The number of nitrogens with zero attached hydrogens (tertiary/aromatic N) is 1. The van der Waals surface area contributed by atoms with Crippen molar-refractivity contribution in [3.8, 4) is 0 Å². The quantitative estimate of drug-likeness (QED) is 0.611. The average Bonchev–Trinajstić information content (AvgIpc) is 2.26. The van der Waals surface area contributed by atoms with E-state index in [1.807, 2.05) is 0 Å². The van der Waals surface area contributed by atoms with Crippen LogP contribution in [0.4, 0.5) is 0 Å². The van der Waals surface area contributed by atoms with Gasteiger partial charge in [-0.3, -0.25) is 9.59 Å². The predicted molar refractivity (Wildman–Crippen MR) is 56.9 cm³/mol. The molecular formula is C11H11NO5. The van der Waals surface area contributed by atoms with Crippen molar-refractivity contribution < 1.29 is 24.2 Å². The average molecular weight is 237 g/mol. The highest BCUT2D eigenvalue weighted by Gasteiger charge is 2.14. The van der Waals surface area contributed by atoms with Crippen molar-refractivity contribution in [3.63, 3.8) is 0 Å². The topological polar surface area (TPSA) is 93.6 Å². The molecule has 0 aliphatic rings. The lowest BCUT2D eigenvalue weighted by molar-refractivity contribution is -0.136. The molecule has 1 aromatic rings. The Hall–Kier alpha value is -2.24. The molecule has 6 nitrogen and oxygen atoms in total. The van der Waals surface area contributed by atoms with Gasteiger partial charge in [0.15, 0.2) is 5.78 Å². The van der Waals surface area contributed by atoms with Gasteiger partial charge in [-0.1, -0.05) is 0 Å². The van der Waals surface area contributed by atoms with E-state index in [-0.39, 0.29) is 29.2 Å². The van der Waals surface area contributed by atoms with Crippen molar-refractivity contribution in [2.45, 2.75) is 13.3 Å². The van der Waals surface area contributed by atoms with Crippen molar-refractivity contribution in [2.24, 2.45) is 0 Å². The normalized spacial score (nSPS) is 9.76. The Kier molecular flexibility index (Phi) is 3.92. The lowest BCUT2D eigenvalue weighted by Crippen LogP contribution is -2.11. The molecule has 0 bridgehead atoms. The molecule has 0 saturated heterocycles. The minimum Gasteiger partial charge on any atom is -0.481 e. The van der Waals surface area contributed by atoms with Crippen LogP contribution in [0.5, 0.6) is 0 Å². The minimum absolute atomic E-state index is 0.0727. The number of carbonyl (C=O) groups excluding carboxylic acids is 2. The Bertz CT molecular complexity index is 481. The van der Waals surface area contributed by atoms with Crippen LogP contribution in [0.3, 0.4) is 0 Å². The summed E-state index contributed by atoms with van der Waals surface area (Å²) in [5.41, 5.74) is 0.304. The second-order valence-corrected chi connectivity index (χ2v) is 3.35. The van der Waals surface area contributed by atoms with Crippen LogP contribution in [-0.4, -0.2) is 34.9 Å². The van der Waals surface area contributed by atoms with E-state index in [9.17, 15) is 14.4 Å². The second kappa shape index (κ2) is 5.20.